The van der Waals surface area contributed by atoms with E-state index < -0.39 is 75.5 Å². The normalized spacial score (nSPS) is 8.28. The molecular formula is C12H12B2O15. The number of carbonyl (C=O) groups excluding carboxylic acids is 6. The molecule has 0 amide bonds. The molecule has 0 heterocycles. The Balaban J connectivity index is -0.0000000960. The summed E-state index contributed by atoms with van der Waals surface area (Å²) >= 11 is 0. The zero-order chi connectivity index (χ0) is 21.8. The van der Waals surface area contributed by atoms with Crippen LogP contribution in [-0.2, 0) is 43.0 Å². The quantitative estimate of drug-likeness (QED) is 0.266. The predicted octanol–water partition coefficient (Wildman–Crippen LogP) is -11.3. The summed E-state index contributed by atoms with van der Waals surface area (Å²) in [6, 6.07) is 0. The van der Waals surface area contributed by atoms with Crippen molar-refractivity contribution in [2.75, 3.05) is 39.6 Å². The molecule has 0 saturated carbocycles. The first kappa shape index (κ1) is 36.7. The summed E-state index contributed by atoms with van der Waals surface area (Å²) in [7, 11) is 0. The van der Waals surface area contributed by atoms with E-state index in [1.807, 2.05) is 0 Å². The average molecular weight is 418 g/mol. The first-order valence-electron chi connectivity index (χ1n) is 6.30. The fourth-order valence-electron chi connectivity index (χ4n) is 0.653. The molecule has 0 aliphatic heterocycles. The van der Waals surface area contributed by atoms with Crippen LogP contribution in [0.15, 0.2) is 0 Å². The maximum Gasteiger partial charge on any atom is 3.00 e. The van der Waals surface area contributed by atoms with Gasteiger partial charge in [0.1, 0.15) is 0 Å². The summed E-state index contributed by atoms with van der Waals surface area (Å²) in [5.41, 5.74) is 0. The van der Waals surface area contributed by atoms with Gasteiger partial charge in [-0.15, -0.1) is 0 Å². The third-order valence-corrected chi connectivity index (χ3v) is 1.32. The molecule has 0 aliphatic rings. The number of rotatable bonds is 12. The van der Waals surface area contributed by atoms with Crippen molar-refractivity contribution < 1.29 is 73.6 Å². The number of carboxylic acid groups (broad SMARTS) is 6. The molecule has 0 atom stereocenters. The maximum absolute atomic E-state index is 9.53. The van der Waals surface area contributed by atoms with Crippen molar-refractivity contribution in [1.29, 1.82) is 0 Å². The standard InChI is InChI=1S/3C4H6O5.2B/c3*5-3(6)1-9-2-4(7)8;;/h3*1-2H2,(H,5,6)(H,7,8);;/q;;;2*+3/p-6. The third-order valence-electron chi connectivity index (χ3n) is 1.32. The van der Waals surface area contributed by atoms with Crippen molar-refractivity contribution in [3.05, 3.63) is 0 Å². The van der Waals surface area contributed by atoms with Crippen LogP contribution in [0.25, 0.3) is 0 Å². The largest absolute Gasteiger partial charge is 3.00 e. The van der Waals surface area contributed by atoms with Gasteiger partial charge in [-0.2, -0.15) is 0 Å². The van der Waals surface area contributed by atoms with Crippen molar-refractivity contribution in [2.45, 2.75) is 0 Å². The predicted molar refractivity (Wildman–Crippen MR) is 74.0 cm³/mol. The first-order valence-corrected chi connectivity index (χ1v) is 6.30. The van der Waals surface area contributed by atoms with E-state index >= 15 is 0 Å². The number of hydrogen-bond donors (Lipinski definition) is 0. The Bertz CT molecular complexity index is 394. The van der Waals surface area contributed by atoms with Gasteiger partial charge in [-0.1, -0.05) is 0 Å². The van der Waals surface area contributed by atoms with E-state index in [0.717, 1.165) is 0 Å². The van der Waals surface area contributed by atoms with Crippen LogP contribution in [0.5, 0.6) is 0 Å². The zero-order valence-corrected chi connectivity index (χ0v) is 14.5. The molecule has 0 radical (unpaired) electrons. The van der Waals surface area contributed by atoms with Gasteiger partial charge in [0.15, 0.2) is 0 Å². The second-order valence-corrected chi connectivity index (χ2v) is 3.71. The van der Waals surface area contributed by atoms with Crippen LogP contribution in [0.2, 0.25) is 0 Å². The summed E-state index contributed by atoms with van der Waals surface area (Å²) in [6.07, 6.45) is 0. The van der Waals surface area contributed by atoms with Crippen LogP contribution < -0.4 is 30.6 Å². The maximum atomic E-state index is 9.53. The molecule has 0 aliphatic carbocycles. The van der Waals surface area contributed by atoms with E-state index in [0.29, 0.717) is 0 Å². The third kappa shape index (κ3) is 58.8. The summed E-state index contributed by atoms with van der Waals surface area (Å²) < 4.78 is 12.1. The van der Waals surface area contributed by atoms with Gasteiger partial charge in [-0.25, -0.2) is 0 Å². The molecule has 29 heavy (non-hydrogen) atoms. The number of carbonyl (C=O) groups is 6. The van der Waals surface area contributed by atoms with E-state index in [4.69, 9.17) is 0 Å². The van der Waals surface area contributed by atoms with E-state index in [1.165, 1.54) is 0 Å². The van der Waals surface area contributed by atoms with Gasteiger partial charge in [0.25, 0.3) is 0 Å². The summed E-state index contributed by atoms with van der Waals surface area (Å²) in [6.45, 7) is -4.29. The van der Waals surface area contributed by atoms with Crippen LogP contribution in [0.4, 0.5) is 0 Å². The van der Waals surface area contributed by atoms with Crippen LogP contribution in [0, 0.1) is 0 Å². The molecule has 0 unspecified atom stereocenters. The van der Waals surface area contributed by atoms with E-state index in [1.54, 1.807) is 0 Å². The molecule has 17 heteroatoms. The Hall–Kier alpha value is -3.17. The number of carboxylic acids is 6. The molecule has 0 aromatic rings. The van der Waals surface area contributed by atoms with E-state index in [-0.39, 0.29) is 16.8 Å². The minimum absolute atomic E-state index is 0. The molecule has 15 nitrogen and oxygen atoms in total. The van der Waals surface area contributed by atoms with Crippen LogP contribution in [0.3, 0.4) is 0 Å². The molecule has 0 rings (SSSR count). The van der Waals surface area contributed by atoms with Crippen LogP contribution in [0.1, 0.15) is 0 Å². The van der Waals surface area contributed by atoms with Gasteiger partial charge < -0.3 is 73.6 Å². The van der Waals surface area contributed by atoms with Gasteiger partial charge in [0, 0.05) is 0 Å². The zero-order valence-electron chi connectivity index (χ0n) is 14.5. The topological polar surface area (TPSA) is 268 Å². The molecule has 0 fully saturated rings. The number of aliphatic carboxylic acids is 6. The van der Waals surface area contributed by atoms with Gasteiger partial charge in [0.05, 0.1) is 75.5 Å². The van der Waals surface area contributed by atoms with Crippen molar-refractivity contribution in [3.63, 3.8) is 0 Å². The van der Waals surface area contributed by atoms with Gasteiger partial charge in [-0.3, -0.25) is 0 Å². The van der Waals surface area contributed by atoms with Crippen LogP contribution >= 0.6 is 0 Å². The van der Waals surface area contributed by atoms with Crippen molar-refractivity contribution >= 4 is 52.6 Å². The van der Waals surface area contributed by atoms with Gasteiger partial charge in [-0.05, 0) is 0 Å². The Labute approximate surface area is 166 Å². The first-order chi connectivity index (χ1) is 12.4. The minimum atomic E-state index is -1.45. The Morgan fingerprint density at radius 2 is 0.483 bits per heavy atom. The molecule has 0 aromatic carbocycles. The summed E-state index contributed by atoms with van der Waals surface area (Å²) in [5.74, 6) is -8.69. The second-order valence-electron chi connectivity index (χ2n) is 3.71. The van der Waals surface area contributed by atoms with E-state index in [9.17, 15) is 59.4 Å². The molecule has 0 N–H and O–H groups in total. The Morgan fingerprint density at radius 3 is 0.552 bits per heavy atom. The summed E-state index contributed by atoms with van der Waals surface area (Å²) in [5, 5.41) is 57.2. The monoisotopic (exact) mass is 418 g/mol. The van der Waals surface area contributed by atoms with E-state index in [2.05, 4.69) is 14.2 Å². The fourth-order valence-corrected chi connectivity index (χ4v) is 0.653. The minimum Gasteiger partial charge on any atom is -0.548 e. The fraction of sp³-hybridized carbons (Fsp3) is 0.500. The van der Waals surface area contributed by atoms with Gasteiger partial charge >= 0.3 is 16.8 Å². The molecule has 0 aromatic heterocycles. The van der Waals surface area contributed by atoms with Gasteiger partial charge in [0.2, 0.25) is 0 Å². The van der Waals surface area contributed by atoms with Crippen molar-refractivity contribution in [2.24, 2.45) is 0 Å². The SMILES string of the molecule is O=C([O-])COCC(=O)[O-].O=C([O-])COCC(=O)[O-].O=C([O-])COCC(=O)[O-].[B+3].[B+3]. The Kier molecular flexibility index (Phi) is 31.4. The molecule has 0 spiro atoms. The molecule has 0 saturated heterocycles. The Morgan fingerprint density at radius 1 is 0.379 bits per heavy atom. The second kappa shape index (κ2) is 24.8. The smallest absolute Gasteiger partial charge is 0.548 e. The molecule has 156 valence electrons. The summed E-state index contributed by atoms with van der Waals surface area (Å²) in [4.78, 5) is 57.2. The molecular weight excluding hydrogens is 406 g/mol. The number of hydrogen-bond acceptors (Lipinski definition) is 15. The average Bonchev–Trinajstić information content (AvgIpc) is 2.46. The van der Waals surface area contributed by atoms with Crippen molar-refractivity contribution in [1.82, 2.24) is 0 Å². The van der Waals surface area contributed by atoms with Crippen LogP contribution in [-0.4, -0.2) is 92.3 Å². The molecule has 0 bridgehead atoms. The van der Waals surface area contributed by atoms with Crippen molar-refractivity contribution in [3.8, 4) is 0 Å². The number of ether oxygens (including phenoxy) is 3.